The summed E-state index contributed by atoms with van der Waals surface area (Å²) < 4.78 is 83.7. The monoisotopic (exact) mass is 853 g/mol. The van der Waals surface area contributed by atoms with Crippen molar-refractivity contribution in [2.75, 3.05) is 16.5 Å². The number of rotatable bonds is 10. The van der Waals surface area contributed by atoms with Gasteiger partial charge in [-0.25, -0.2) is 9.59 Å². The Morgan fingerprint density at radius 3 is 1.55 bits per heavy atom. The summed E-state index contributed by atoms with van der Waals surface area (Å²) in [4.78, 5) is 38.6. The molecule has 8 rings (SSSR count). The topological polar surface area (TPSA) is 122 Å². The second-order valence-electron chi connectivity index (χ2n) is 13.9. The Hall–Kier alpha value is -7.75. The predicted octanol–water partition coefficient (Wildman–Crippen LogP) is 11.2. The number of carbonyl (C=O) groups excluding carboxylic acids is 1. The molecule has 1 aliphatic heterocycles. The van der Waals surface area contributed by atoms with Gasteiger partial charge in [0.15, 0.2) is 0 Å². The zero-order chi connectivity index (χ0) is 44.2. The first kappa shape index (κ1) is 42.4. The molecule has 0 atom stereocenters. The summed E-state index contributed by atoms with van der Waals surface area (Å²) >= 11 is 0. The van der Waals surface area contributed by atoms with Gasteiger partial charge in [0.2, 0.25) is 0 Å². The van der Waals surface area contributed by atoms with E-state index < -0.39 is 30.6 Å². The molecule has 0 bridgehead atoms. The zero-order valence-corrected chi connectivity index (χ0v) is 32.1. The molecule has 62 heavy (non-hydrogen) atoms. The third-order valence-corrected chi connectivity index (χ3v) is 9.72. The number of alkyl halides is 6. The summed E-state index contributed by atoms with van der Waals surface area (Å²) in [6, 6.07) is 40.5. The number of fused-ring (bicyclic) bond motifs is 2. The minimum atomic E-state index is -4.78. The number of halogens is 6. The van der Waals surface area contributed by atoms with Crippen LogP contribution in [0.2, 0.25) is 0 Å². The smallest absolute Gasteiger partial charge is 0.475 e. The van der Waals surface area contributed by atoms with Gasteiger partial charge in [-0.3, -0.25) is 9.69 Å². The number of amides is 1. The van der Waals surface area contributed by atoms with Crippen molar-refractivity contribution in [3.8, 4) is 33.8 Å². The van der Waals surface area contributed by atoms with Crippen molar-refractivity contribution in [1.29, 1.82) is 0 Å². The van der Waals surface area contributed by atoms with Crippen molar-refractivity contribution < 1.29 is 60.4 Å². The van der Waals surface area contributed by atoms with E-state index in [4.69, 9.17) is 0 Å². The molecule has 16 heteroatoms. The summed E-state index contributed by atoms with van der Waals surface area (Å²) in [7, 11) is 0. The highest BCUT2D eigenvalue weighted by atomic mass is 19.4. The fourth-order valence-electron chi connectivity index (χ4n) is 6.99. The van der Waals surface area contributed by atoms with Gasteiger partial charge in [0.25, 0.3) is 5.78 Å². The third kappa shape index (κ3) is 10.2. The summed E-state index contributed by atoms with van der Waals surface area (Å²) in [5, 5.41) is 19.3. The number of hydrogen-bond donors (Lipinski definition) is 2. The molecule has 0 radical (unpaired) electrons. The first-order chi connectivity index (χ1) is 29.5. The lowest BCUT2D eigenvalue weighted by Crippen LogP contribution is -2.34. The highest BCUT2D eigenvalue weighted by Gasteiger charge is 2.33. The van der Waals surface area contributed by atoms with Crippen molar-refractivity contribution in [3.05, 3.63) is 168 Å². The molecule has 1 aliphatic rings. The number of aromatic nitrogens is 1. The Morgan fingerprint density at radius 1 is 0.565 bits per heavy atom. The lowest BCUT2D eigenvalue weighted by Gasteiger charge is -2.19. The predicted molar refractivity (Wildman–Crippen MR) is 218 cm³/mol. The maximum absolute atomic E-state index is 12.4. The van der Waals surface area contributed by atoms with Crippen LogP contribution in [0, 0.1) is 0 Å². The average molecular weight is 854 g/mol. The van der Waals surface area contributed by atoms with E-state index in [1.807, 2.05) is 77.7 Å². The van der Waals surface area contributed by atoms with Gasteiger partial charge in [-0.2, -0.15) is 0 Å². The molecule has 0 saturated carbocycles. The molecule has 2 N–H and O–H groups in total. The van der Waals surface area contributed by atoms with Crippen LogP contribution in [0.1, 0.15) is 21.5 Å². The molecule has 0 spiro atoms. The number of carboxylic acid groups (broad SMARTS) is 2. The summed E-state index contributed by atoms with van der Waals surface area (Å²) in [5.41, 5.74) is 6.61. The second-order valence-corrected chi connectivity index (χ2v) is 13.9. The van der Waals surface area contributed by atoms with Crippen LogP contribution in [0.25, 0.3) is 33.2 Å². The first-order valence-electron chi connectivity index (χ1n) is 18.6. The normalized spacial score (nSPS) is 12.4. The van der Waals surface area contributed by atoms with E-state index in [0.29, 0.717) is 51.9 Å². The minimum absolute atomic E-state index is 0.0438. The molecule has 316 valence electrons. The Labute approximate surface area is 349 Å². The van der Waals surface area contributed by atoms with E-state index in [1.54, 1.807) is 28.8 Å². The van der Waals surface area contributed by atoms with Crippen LogP contribution in [-0.2, 0) is 17.9 Å². The third-order valence-electron chi connectivity index (χ3n) is 9.72. The second kappa shape index (κ2) is 17.5. The molecule has 0 fully saturated rings. The molecular formula is C46H33F6N3O7. The van der Waals surface area contributed by atoms with Crippen LogP contribution in [0.3, 0.4) is 0 Å². The number of carboxylic acids is 1. The van der Waals surface area contributed by atoms with Crippen molar-refractivity contribution in [2.45, 2.75) is 25.8 Å². The molecule has 0 aliphatic carbocycles. The number of aliphatic carboxylic acids is 1. The van der Waals surface area contributed by atoms with Gasteiger partial charge >= 0.3 is 24.8 Å². The van der Waals surface area contributed by atoms with Crippen LogP contribution in [0.4, 0.5) is 42.5 Å². The number of benzene rings is 6. The molecule has 10 nitrogen and oxygen atoms in total. The largest absolute Gasteiger partial charge is 0.573 e. The van der Waals surface area contributed by atoms with E-state index in [2.05, 4.69) is 9.47 Å². The van der Waals surface area contributed by atoms with Gasteiger partial charge in [0, 0.05) is 30.2 Å². The molecule has 7 aromatic rings. The maximum atomic E-state index is 12.4. The van der Waals surface area contributed by atoms with E-state index in [-0.39, 0.29) is 23.7 Å². The van der Waals surface area contributed by atoms with Crippen LogP contribution >= 0.6 is 0 Å². The Morgan fingerprint density at radius 2 is 1.05 bits per heavy atom. The van der Waals surface area contributed by atoms with Crippen LogP contribution in [0.15, 0.2) is 152 Å². The van der Waals surface area contributed by atoms with Crippen molar-refractivity contribution in [2.24, 2.45) is 0 Å². The Balaban J connectivity index is 0.000000187. The Bertz CT molecular complexity index is 2720. The van der Waals surface area contributed by atoms with E-state index in [9.17, 15) is 50.9 Å². The number of nitrogens with zero attached hydrogens (tertiary/aromatic N) is 3. The summed E-state index contributed by atoms with van der Waals surface area (Å²) in [6.45, 7) is 1.19. The number of carbonyl (C=O) groups is 3. The molecular weight excluding hydrogens is 821 g/mol. The van der Waals surface area contributed by atoms with Gasteiger partial charge < -0.3 is 29.2 Å². The van der Waals surface area contributed by atoms with E-state index >= 15 is 0 Å². The number of ether oxygens (including phenoxy) is 2. The molecule has 0 unspecified atom stereocenters. The molecule has 6 aromatic carbocycles. The van der Waals surface area contributed by atoms with Crippen LogP contribution < -0.4 is 19.3 Å². The van der Waals surface area contributed by atoms with Crippen LogP contribution in [0.5, 0.6) is 11.5 Å². The van der Waals surface area contributed by atoms with Gasteiger partial charge in [0.05, 0.1) is 16.9 Å². The zero-order valence-electron chi connectivity index (χ0n) is 32.1. The van der Waals surface area contributed by atoms with Gasteiger partial charge in [-0.1, -0.05) is 97.1 Å². The number of anilines is 2. The van der Waals surface area contributed by atoms with Crippen molar-refractivity contribution in [3.63, 3.8) is 0 Å². The minimum Gasteiger partial charge on any atom is -0.475 e. The first-order valence-corrected chi connectivity index (χ1v) is 18.6. The van der Waals surface area contributed by atoms with E-state index in [1.165, 1.54) is 59.6 Å². The molecule has 0 saturated heterocycles. The quantitative estimate of drug-likeness (QED) is 0.0792. The lowest BCUT2D eigenvalue weighted by molar-refractivity contribution is -0.275. The lowest BCUT2D eigenvalue weighted by atomic mass is 10.0. The molecule has 1 aromatic heterocycles. The fraction of sp³-hybridized carbons (Fsp3) is 0.109. The highest BCUT2D eigenvalue weighted by Crippen LogP contribution is 2.40. The summed E-state index contributed by atoms with van der Waals surface area (Å²) in [6.07, 6.45) is -9.09. The Kier molecular flexibility index (Phi) is 11.9. The maximum Gasteiger partial charge on any atom is 0.573 e. The SMILES string of the molecule is O=C(O)C(=O)c1cn(Cc2ccccc2)c2ccc(-c3ccc(OC(F)(F)F)cc3)cc12.O=C(O)N1CN(Cc2ccccc2)c2ccc(-c3ccc(OC(F)(F)F)cc3)cc21. The summed E-state index contributed by atoms with van der Waals surface area (Å²) in [5.74, 6) is -3.26. The van der Waals surface area contributed by atoms with Crippen molar-refractivity contribution in [1.82, 2.24) is 4.57 Å². The number of Topliss-reactive ketones (excluding diaryl/α,β-unsaturated/α-hetero) is 1. The molecule has 2 heterocycles. The highest BCUT2D eigenvalue weighted by molar-refractivity contribution is 6.42. The van der Waals surface area contributed by atoms with E-state index in [0.717, 1.165) is 16.8 Å². The number of hydrogen-bond acceptors (Lipinski definition) is 6. The van der Waals surface area contributed by atoms with Gasteiger partial charge in [-0.15, -0.1) is 26.3 Å². The molecule has 1 amide bonds. The van der Waals surface area contributed by atoms with Gasteiger partial charge in [-0.05, 0) is 81.9 Å². The van der Waals surface area contributed by atoms with Crippen LogP contribution in [-0.4, -0.2) is 52.0 Å². The average Bonchev–Trinajstić information content (AvgIpc) is 3.78. The fourth-order valence-corrected chi connectivity index (χ4v) is 6.99. The van der Waals surface area contributed by atoms with Gasteiger partial charge in [0.1, 0.15) is 18.2 Å². The van der Waals surface area contributed by atoms with Crippen molar-refractivity contribution >= 4 is 40.1 Å². The number of ketones is 1. The standard InChI is InChI=1S/C24H16F3NO4.C22H17F3N2O3/c25-24(26,27)32-18-9-6-16(7-10-18)17-8-11-21-19(12-17)20(22(29)23(30)31)14-28(21)13-15-4-2-1-3-5-15;23-22(24,25)30-18-9-6-16(7-10-18)17-8-11-19-20(12-17)27(21(28)29)14-26(19)13-15-4-2-1-3-5-15/h1-12,14H,13H2,(H,30,31);1-12H,13-14H2,(H,28,29).